The molecule has 2 aromatic heterocycles. The lowest BCUT2D eigenvalue weighted by atomic mass is 10.1. The van der Waals surface area contributed by atoms with Crippen LogP contribution in [0.3, 0.4) is 0 Å². The van der Waals surface area contributed by atoms with Crippen LogP contribution in [0.4, 0.5) is 10.6 Å². The molecule has 24 heavy (non-hydrogen) atoms. The van der Waals surface area contributed by atoms with Gasteiger partial charge in [-0.3, -0.25) is 0 Å². The van der Waals surface area contributed by atoms with Crippen molar-refractivity contribution in [2.45, 2.75) is 25.8 Å². The molecule has 0 saturated heterocycles. The van der Waals surface area contributed by atoms with Crippen molar-refractivity contribution in [3.8, 4) is 5.75 Å². The van der Waals surface area contributed by atoms with Crippen LogP contribution in [0, 0.1) is 6.92 Å². The summed E-state index contributed by atoms with van der Waals surface area (Å²) in [6, 6.07) is 5.65. The van der Waals surface area contributed by atoms with Crippen molar-refractivity contribution in [3.63, 3.8) is 0 Å². The van der Waals surface area contributed by atoms with Gasteiger partial charge in [-0.25, -0.2) is 14.8 Å². The van der Waals surface area contributed by atoms with E-state index in [1.807, 2.05) is 6.07 Å². The van der Waals surface area contributed by atoms with Crippen molar-refractivity contribution in [2.75, 3.05) is 5.32 Å². The lowest BCUT2D eigenvalue weighted by Gasteiger charge is -2.13. The number of ether oxygens (including phenoxy) is 1. The van der Waals surface area contributed by atoms with E-state index in [2.05, 4.69) is 27.6 Å². The fourth-order valence-corrected chi connectivity index (χ4v) is 4.07. The van der Waals surface area contributed by atoms with Gasteiger partial charge in [-0.2, -0.15) is 0 Å². The van der Waals surface area contributed by atoms with E-state index in [0.29, 0.717) is 5.75 Å². The molecule has 0 amide bonds. The third-order valence-corrected chi connectivity index (χ3v) is 5.21. The summed E-state index contributed by atoms with van der Waals surface area (Å²) in [5.74, 6) is 1.22. The van der Waals surface area contributed by atoms with Crippen molar-refractivity contribution in [2.24, 2.45) is 0 Å². The average Bonchev–Trinajstić information content (AvgIpc) is 3.10. The second kappa shape index (κ2) is 5.76. The summed E-state index contributed by atoms with van der Waals surface area (Å²) in [6.07, 6.45) is 1.97. The number of carbonyl (C=O) groups is 1. The molecule has 1 atom stereocenters. The molecule has 0 bridgehead atoms. The maximum Gasteiger partial charge on any atom is 0.511 e. The number of aryl methyl sites for hydroxylation is 1. The number of nitrogens with one attached hydrogen (secondary N) is 1. The number of hydrogen-bond donors (Lipinski definition) is 2. The predicted octanol–water partition coefficient (Wildman–Crippen LogP) is 3.64. The predicted molar refractivity (Wildman–Crippen MR) is 92.1 cm³/mol. The summed E-state index contributed by atoms with van der Waals surface area (Å²) in [5, 5.41) is 15.4. The molecule has 7 heteroatoms. The molecule has 0 spiro atoms. The van der Waals surface area contributed by atoms with Gasteiger partial charge in [0.25, 0.3) is 0 Å². The topological polar surface area (TPSA) is 84.3 Å². The van der Waals surface area contributed by atoms with Gasteiger partial charge in [0, 0.05) is 6.04 Å². The van der Waals surface area contributed by atoms with Gasteiger partial charge < -0.3 is 15.2 Å². The summed E-state index contributed by atoms with van der Waals surface area (Å²) in [5.41, 5.74) is 3.49. The monoisotopic (exact) mass is 341 g/mol. The Morgan fingerprint density at radius 2 is 2.17 bits per heavy atom. The van der Waals surface area contributed by atoms with Crippen molar-refractivity contribution in [1.82, 2.24) is 9.97 Å². The Hall–Kier alpha value is -2.67. The molecule has 1 aliphatic rings. The normalized spacial score (nSPS) is 16.1. The molecule has 0 radical (unpaired) electrons. The summed E-state index contributed by atoms with van der Waals surface area (Å²) in [7, 11) is 0. The van der Waals surface area contributed by atoms with Gasteiger partial charge >= 0.3 is 6.16 Å². The summed E-state index contributed by atoms with van der Waals surface area (Å²) in [4.78, 5) is 20.4. The van der Waals surface area contributed by atoms with Crippen molar-refractivity contribution in [1.29, 1.82) is 0 Å². The van der Waals surface area contributed by atoms with E-state index in [1.165, 1.54) is 11.1 Å². The number of thiophene rings is 1. The molecule has 4 rings (SSSR count). The van der Waals surface area contributed by atoms with E-state index in [1.54, 1.807) is 29.8 Å². The minimum absolute atomic E-state index is 0.220. The van der Waals surface area contributed by atoms with Crippen LogP contribution in [0.5, 0.6) is 5.75 Å². The number of carboxylic acid groups (broad SMARTS) is 1. The number of rotatable bonds is 3. The Kier molecular flexibility index (Phi) is 3.57. The van der Waals surface area contributed by atoms with Crippen LogP contribution in [-0.4, -0.2) is 27.3 Å². The summed E-state index contributed by atoms with van der Waals surface area (Å²) in [6.45, 7) is 2.06. The number of anilines is 1. The number of fused-ring (bicyclic) bond motifs is 2. The molecule has 0 aliphatic heterocycles. The lowest BCUT2D eigenvalue weighted by molar-refractivity contribution is 0.144. The highest BCUT2D eigenvalue weighted by Crippen LogP contribution is 2.32. The van der Waals surface area contributed by atoms with Crippen molar-refractivity contribution < 1.29 is 14.6 Å². The Morgan fingerprint density at radius 1 is 1.33 bits per heavy atom. The minimum Gasteiger partial charge on any atom is -0.449 e. The number of hydrogen-bond acceptors (Lipinski definition) is 6. The lowest BCUT2D eigenvalue weighted by Crippen LogP contribution is -2.20. The second-order valence-corrected chi connectivity index (χ2v) is 6.73. The maximum absolute atomic E-state index is 10.7. The molecule has 122 valence electrons. The molecule has 1 aromatic carbocycles. The first-order valence-corrected chi connectivity index (χ1v) is 8.46. The number of benzene rings is 1. The van der Waals surface area contributed by atoms with Crippen LogP contribution < -0.4 is 10.1 Å². The smallest absolute Gasteiger partial charge is 0.449 e. The van der Waals surface area contributed by atoms with Crippen LogP contribution in [0.25, 0.3) is 10.2 Å². The molecule has 2 N–H and O–H groups in total. The zero-order valence-corrected chi connectivity index (χ0v) is 13.8. The zero-order valence-electron chi connectivity index (χ0n) is 12.9. The van der Waals surface area contributed by atoms with E-state index >= 15 is 0 Å². The van der Waals surface area contributed by atoms with Crippen molar-refractivity contribution in [3.05, 3.63) is 46.6 Å². The molecule has 0 saturated carbocycles. The highest BCUT2D eigenvalue weighted by Gasteiger charge is 2.23. The maximum atomic E-state index is 10.7. The standard InChI is InChI=1S/C17H15N3O3S/c1-9-7-24-16-14(9)15(18-8-19-16)20-12-4-10-2-3-13(23-17(21)22)6-11(10)5-12/h2-3,6-8,12H,4-5H2,1H3,(H,21,22)(H,18,19,20). The van der Waals surface area contributed by atoms with Gasteiger partial charge in [0.2, 0.25) is 0 Å². The molecule has 0 fully saturated rings. The number of aromatic nitrogens is 2. The first-order valence-electron chi connectivity index (χ1n) is 7.58. The molecule has 2 heterocycles. The Balaban J connectivity index is 1.56. The zero-order chi connectivity index (χ0) is 16.7. The van der Waals surface area contributed by atoms with Crippen molar-refractivity contribution >= 4 is 33.5 Å². The van der Waals surface area contributed by atoms with Gasteiger partial charge in [0.15, 0.2) is 0 Å². The molecule has 3 aromatic rings. The van der Waals surface area contributed by atoms with E-state index in [0.717, 1.165) is 34.4 Å². The van der Waals surface area contributed by atoms with Gasteiger partial charge in [0.05, 0.1) is 5.39 Å². The molecule has 1 unspecified atom stereocenters. The van der Waals surface area contributed by atoms with Gasteiger partial charge in [-0.15, -0.1) is 11.3 Å². The fourth-order valence-electron chi connectivity index (χ4n) is 3.18. The molecular weight excluding hydrogens is 326 g/mol. The highest BCUT2D eigenvalue weighted by atomic mass is 32.1. The largest absolute Gasteiger partial charge is 0.511 e. The van der Waals surface area contributed by atoms with Crippen LogP contribution in [0.15, 0.2) is 29.9 Å². The highest BCUT2D eigenvalue weighted by molar-refractivity contribution is 7.17. The fraction of sp³-hybridized carbons (Fsp3) is 0.235. The molecular formula is C17H15N3O3S. The van der Waals surface area contributed by atoms with Crippen LogP contribution in [-0.2, 0) is 12.8 Å². The summed E-state index contributed by atoms with van der Waals surface area (Å²) < 4.78 is 4.73. The van der Waals surface area contributed by atoms with E-state index < -0.39 is 6.16 Å². The van der Waals surface area contributed by atoms with E-state index in [9.17, 15) is 4.79 Å². The van der Waals surface area contributed by atoms with Gasteiger partial charge in [-0.05, 0) is 54.0 Å². The molecule has 1 aliphatic carbocycles. The van der Waals surface area contributed by atoms with E-state index in [4.69, 9.17) is 9.84 Å². The average molecular weight is 341 g/mol. The first-order chi connectivity index (χ1) is 11.6. The van der Waals surface area contributed by atoms with Gasteiger partial charge in [0.1, 0.15) is 22.7 Å². The minimum atomic E-state index is -1.29. The quantitative estimate of drug-likeness (QED) is 0.559. The Morgan fingerprint density at radius 3 is 3.00 bits per heavy atom. The SMILES string of the molecule is Cc1csc2ncnc(NC3Cc4ccc(OC(=O)O)cc4C3)c12. The third kappa shape index (κ3) is 2.67. The van der Waals surface area contributed by atoms with Gasteiger partial charge in [-0.1, -0.05) is 6.07 Å². The third-order valence-electron chi connectivity index (χ3n) is 4.21. The summed E-state index contributed by atoms with van der Waals surface area (Å²) >= 11 is 1.62. The van der Waals surface area contributed by atoms with Crippen LogP contribution in [0.2, 0.25) is 0 Å². The second-order valence-electron chi connectivity index (χ2n) is 5.87. The van der Waals surface area contributed by atoms with Crippen LogP contribution >= 0.6 is 11.3 Å². The van der Waals surface area contributed by atoms with E-state index in [-0.39, 0.29) is 6.04 Å². The Labute approximate surface area is 142 Å². The van der Waals surface area contributed by atoms with Crippen LogP contribution in [0.1, 0.15) is 16.7 Å². The first kappa shape index (κ1) is 14.9. The Bertz CT molecular complexity index is 938. The molecule has 6 nitrogen and oxygen atoms in total. The number of nitrogens with zero attached hydrogens (tertiary/aromatic N) is 2.